The predicted octanol–water partition coefficient (Wildman–Crippen LogP) is 3.86. The minimum absolute atomic E-state index is 0.0542. The van der Waals surface area contributed by atoms with E-state index in [1.54, 1.807) is 0 Å². The lowest BCUT2D eigenvalue weighted by molar-refractivity contribution is -0.141. The van der Waals surface area contributed by atoms with Crippen molar-refractivity contribution in [1.29, 1.82) is 0 Å². The summed E-state index contributed by atoms with van der Waals surface area (Å²) in [4.78, 5) is 10.8. The fourth-order valence-corrected chi connectivity index (χ4v) is 1.71. The van der Waals surface area contributed by atoms with Crippen LogP contribution >= 0.6 is 23.2 Å². The van der Waals surface area contributed by atoms with E-state index < -0.39 is 11.9 Å². The van der Waals surface area contributed by atoms with E-state index in [9.17, 15) is 13.2 Å². The highest BCUT2D eigenvalue weighted by atomic mass is 35.5. The van der Waals surface area contributed by atoms with Gasteiger partial charge in [-0.05, 0) is 18.2 Å². The minimum Gasteiger partial charge on any atom is -0.237 e. The largest absolute Gasteiger partial charge is 0.433 e. The summed E-state index contributed by atoms with van der Waals surface area (Å²) < 4.78 is 37.5. The standard InChI is InChI=1S/C10H4Cl2F3N3/c11-7-3-5(4-8(12)18-7)9-16-2-1-6(17-9)10(13,14)15/h1-4H. The Bertz CT molecular complexity index is 567. The number of rotatable bonds is 1. The van der Waals surface area contributed by atoms with Crippen molar-refractivity contribution in [2.75, 3.05) is 0 Å². The highest BCUT2D eigenvalue weighted by molar-refractivity contribution is 6.32. The summed E-state index contributed by atoms with van der Waals surface area (Å²) in [6, 6.07) is 3.46. The third-order valence-electron chi connectivity index (χ3n) is 1.97. The van der Waals surface area contributed by atoms with E-state index in [1.807, 2.05) is 0 Å². The highest BCUT2D eigenvalue weighted by Gasteiger charge is 2.32. The first-order valence-electron chi connectivity index (χ1n) is 4.60. The number of hydrogen-bond donors (Lipinski definition) is 0. The molecule has 0 N–H and O–H groups in total. The van der Waals surface area contributed by atoms with Crippen molar-refractivity contribution < 1.29 is 13.2 Å². The van der Waals surface area contributed by atoms with E-state index in [-0.39, 0.29) is 21.7 Å². The summed E-state index contributed by atoms with van der Waals surface area (Å²) in [5.74, 6) is -0.115. The first-order valence-corrected chi connectivity index (χ1v) is 5.35. The number of nitrogens with zero attached hydrogens (tertiary/aromatic N) is 3. The molecule has 2 aromatic heterocycles. The lowest BCUT2D eigenvalue weighted by Crippen LogP contribution is -2.09. The van der Waals surface area contributed by atoms with Gasteiger partial charge >= 0.3 is 6.18 Å². The van der Waals surface area contributed by atoms with E-state index in [0.717, 1.165) is 12.3 Å². The first-order chi connectivity index (χ1) is 8.36. The molecular formula is C10H4Cl2F3N3. The average molecular weight is 294 g/mol. The molecular weight excluding hydrogens is 290 g/mol. The van der Waals surface area contributed by atoms with Gasteiger partial charge in [0.05, 0.1) is 0 Å². The summed E-state index contributed by atoms with van der Waals surface area (Å²) in [5.41, 5.74) is -0.761. The number of halogens is 5. The van der Waals surface area contributed by atoms with Crippen LogP contribution in [-0.4, -0.2) is 15.0 Å². The zero-order valence-electron chi connectivity index (χ0n) is 8.54. The van der Waals surface area contributed by atoms with Crippen LogP contribution in [0, 0.1) is 0 Å². The van der Waals surface area contributed by atoms with Gasteiger partial charge in [-0.2, -0.15) is 13.2 Å². The van der Waals surface area contributed by atoms with Gasteiger partial charge in [0, 0.05) is 11.8 Å². The maximum absolute atomic E-state index is 12.5. The van der Waals surface area contributed by atoms with Gasteiger partial charge in [-0.3, -0.25) is 0 Å². The molecule has 0 atom stereocenters. The number of hydrogen-bond acceptors (Lipinski definition) is 3. The second-order valence-electron chi connectivity index (χ2n) is 3.26. The molecule has 0 bridgehead atoms. The Morgan fingerprint density at radius 1 is 1.00 bits per heavy atom. The van der Waals surface area contributed by atoms with E-state index in [1.165, 1.54) is 12.1 Å². The van der Waals surface area contributed by atoms with E-state index in [4.69, 9.17) is 23.2 Å². The van der Waals surface area contributed by atoms with Gasteiger partial charge in [0.1, 0.15) is 16.0 Å². The zero-order valence-corrected chi connectivity index (χ0v) is 10.1. The molecule has 0 unspecified atom stereocenters. The van der Waals surface area contributed by atoms with Crippen molar-refractivity contribution in [3.8, 4) is 11.4 Å². The summed E-state index contributed by atoms with van der Waals surface area (Å²) in [7, 11) is 0. The fraction of sp³-hybridized carbons (Fsp3) is 0.100. The van der Waals surface area contributed by atoms with Gasteiger partial charge < -0.3 is 0 Å². The Morgan fingerprint density at radius 3 is 2.17 bits per heavy atom. The lowest BCUT2D eigenvalue weighted by Gasteiger charge is -2.07. The quantitative estimate of drug-likeness (QED) is 0.749. The van der Waals surface area contributed by atoms with Crippen LogP contribution in [0.5, 0.6) is 0 Å². The number of pyridine rings is 1. The second kappa shape index (κ2) is 4.70. The van der Waals surface area contributed by atoms with Crippen LogP contribution in [0.15, 0.2) is 24.4 Å². The van der Waals surface area contributed by atoms with E-state index in [0.29, 0.717) is 0 Å². The normalized spacial score (nSPS) is 11.6. The molecule has 0 amide bonds. The monoisotopic (exact) mass is 293 g/mol. The molecule has 2 heterocycles. The topological polar surface area (TPSA) is 38.7 Å². The van der Waals surface area contributed by atoms with Gasteiger partial charge in [-0.25, -0.2) is 15.0 Å². The van der Waals surface area contributed by atoms with Gasteiger partial charge in [-0.1, -0.05) is 23.2 Å². The molecule has 0 spiro atoms. The SMILES string of the molecule is FC(F)(F)c1ccnc(-c2cc(Cl)nc(Cl)c2)n1. The third kappa shape index (κ3) is 2.88. The van der Waals surface area contributed by atoms with Crippen LogP contribution in [0.25, 0.3) is 11.4 Å². The first kappa shape index (κ1) is 13.0. The molecule has 0 aliphatic rings. The molecule has 2 aromatic rings. The van der Waals surface area contributed by atoms with Crippen molar-refractivity contribution in [3.05, 3.63) is 40.4 Å². The van der Waals surface area contributed by atoms with Crippen molar-refractivity contribution in [3.63, 3.8) is 0 Å². The molecule has 0 fully saturated rings. The average Bonchev–Trinajstić information content (AvgIpc) is 2.27. The molecule has 0 saturated carbocycles. The fourth-order valence-electron chi connectivity index (χ4n) is 1.25. The summed E-state index contributed by atoms with van der Waals surface area (Å²) >= 11 is 11.3. The Kier molecular flexibility index (Phi) is 3.41. The minimum atomic E-state index is -4.53. The van der Waals surface area contributed by atoms with Crippen LogP contribution in [0.3, 0.4) is 0 Å². The van der Waals surface area contributed by atoms with Gasteiger partial charge in [0.25, 0.3) is 0 Å². The van der Waals surface area contributed by atoms with Crippen LogP contribution in [0.1, 0.15) is 5.69 Å². The maximum atomic E-state index is 12.5. The van der Waals surface area contributed by atoms with E-state index in [2.05, 4.69) is 15.0 Å². The maximum Gasteiger partial charge on any atom is 0.433 e. The molecule has 3 nitrogen and oxygen atoms in total. The predicted molar refractivity (Wildman–Crippen MR) is 60.3 cm³/mol. The Labute approximate surface area is 110 Å². The van der Waals surface area contributed by atoms with Crippen LogP contribution in [0.2, 0.25) is 10.3 Å². The van der Waals surface area contributed by atoms with Crippen molar-refractivity contribution in [1.82, 2.24) is 15.0 Å². The number of aromatic nitrogens is 3. The van der Waals surface area contributed by atoms with Crippen LogP contribution in [0.4, 0.5) is 13.2 Å². The zero-order chi connectivity index (χ0) is 13.3. The van der Waals surface area contributed by atoms with Crippen LogP contribution in [-0.2, 0) is 6.18 Å². The molecule has 18 heavy (non-hydrogen) atoms. The van der Waals surface area contributed by atoms with Gasteiger partial charge in [-0.15, -0.1) is 0 Å². The van der Waals surface area contributed by atoms with E-state index >= 15 is 0 Å². The molecule has 94 valence electrons. The Hall–Kier alpha value is -1.40. The summed E-state index contributed by atoms with van der Waals surface area (Å²) in [5, 5.41) is 0.108. The van der Waals surface area contributed by atoms with Crippen molar-refractivity contribution in [2.45, 2.75) is 6.18 Å². The molecule has 0 radical (unpaired) electrons. The molecule has 0 saturated heterocycles. The molecule has 0 aliphatic carbocycles. The van der Waals surface area contributed by atoms with Crippen molar-refractivity contribution in [2.24, 2.45) is 0 Å². The molecule has 0 aliphatic heterocycles. The van der Waals surface area contributed by atoms with Crippen LogP contribution < -0.4 is 0 Å². The Balaban J connectivity index is 2.51. The molecule has 0 aromatic carbocycles. The molecule has 8 heteroatoms. The highest BCUT2D eigenvalue weighted by Crippen LogP contribution is 2.29. The Morgan fingerprint density at radius 2 is 1.61 bits per heavy atom. The summed E-state index contributed by atoms with van der Waals surface area (Å²) in [6.45, 7) is 0. The van der Waals surface area contributed by atoms with Crippen molar-refractivity contribution >= 4 is 23.2 Å². The number of alkyl halides is 3. The third-order valence-corrected chi connectivity index (χ3v) is 2.35. The molecule has 2 rings (SSSR count). The smallest absolute Gasteiger partial charge is 0.237 e. The van der Waals surface area contributed by atoms with Gasteiger partial charge in [0.2, 0.25) is 0 Å². The second-order valence-corrected chi connectivity index (χ2v) is 4.04. The van der Waals surface area contributed by atoms with Gasteiger partial charge in [0.15, 0.2) is 5.82 Å². The summed E-state index contributed by atoms with van der Waals surface area (Å²) in [6.07, 6.45) is -3.51. The lowest BCUT2D eigenvalue weighted by atomic mass is 10.2.